The van der Waals surface area contributed by atoms with E-state index < -0.39 is 26.5 Å². The standard InChI is InChI=1S/C70H124NO8P/c1-6-8-10-12-14-16-18-20-22-24-26-28-30-32-34-35-37-38-40-42-44-46-48-50-52-54-56-58-60-62-69(72)76-66-68(67-78-80(74,75)77-65-64-71(3,4)5)79-70(73)63-61-59-57-55-53-51-49-47-45-43-41-39-36-33-31-29-27-25-23-21-19-17-15-13-11-9-7-2/h9,11,15,17-18,20-21,23-24,26-27,29,33,36,41,43,68H,6-8,10,12-14,16,19,22,25,28,30-32,34-35,37-40,42,44-67H2,1-5H3/b11-9-,17-15-,20-18-,23-21-,26-24-,29-27-,36-33-,43-41-. The number of carbonyl (C=O) groups is 2. The Morgan fingerprint density at radius 3 is 1.06 bits per heavy atom. The Labute approximate surface area is 493 Å². The summed E-state index contributed by atoms with van der Waals surface area (Å²) >= 11 is 0. The van der Waals surface area contributed by atoms with Gasteiger partial charge in [0, 0.05) is 12.8 Å². The van der Waals surface area contributed by atoms with Gasteiger partial charge in [0.15, 0.2) is 6.10 Å². The van der Waals surface area contributed by atoms with Crippen LogP contribution in [-0.2, 0) is 32.7 Å². The van der Waals surface area contributed by atoms with E-state index in [1.54, 1.807) is 0 Å². The maximum absolute atomic E-state index is 12.8. The summed E-state index contributed by atoms with van der Waals surface area (Å²) in [5.74, 6) is -0.839. The van der Waals surface area contributed by atoms with Gasteiger partial charge in [-0.25, -0.2) is 0 Å². The lowest BCUT2D eigenvalue weighted by Gasteiger charge is -2.28. The topological polar surface area (TPSA) is 111 Å². The van der Waals surface area contributed by atoms with Crippen LogP contribution < -0.4 is 4.89 Å². The Morgan fingerprint density at radius 2 is 0.713 bits per heavy atom. The van der Waals surface area contributed by atoms with Gasteiger partial charge >= 0.3 is 11.9 Å². The number of ether oxygens (including phenoxy) is 2. The van der Waals surface area contributed by atoms with Crippen LogP contribution in [0.15, 0.2) is 97.2 Å². The van der Waals surface area contributed by atoms with Crippen molar-refractivity contribution in [2.24, 2.45) is 0 Å². The van der Waals surface area contributed by atoms with Crippen LogP contribution in [0.4, 0.5) is 0 Å². The van der Waals surface area contributed by atoms with E-state index in [0.29, 0.717) is 17.4 Å². The van der Waals surface area contributed by atoms with Crippen LogP contribution in [0.25, 0.3) is 0 Å². The lowest BCUT2D eigenvalue weighted by atomic mass is 10.0. The molecule has 9 nitrogen and oxygen atoms in total. The molecule has 0 aromatic heterocycles. The molecule has 0 spiro atoms. The number of nitrogens with zero attached hydrogens (tertiary/aromatic N) is 1. The summed E-state index contributed by atoms with van der Waals surface area (Å²) in [5, 5.41) is 0. The van der Waals surface area contributed by atoms with E-state index in [9.17, 15) is 19.0 Å². The molecule has 0 amide bonds. The summed E-state index contributed by atoms with van der Waals surface area (Å²) in [4.78, 5) is 38.0. The monoisotopic (exact) mass is 1140 g/mol. The third-order valence-corrected chi connectivity index (χ3v) is 15.1. The summed E-state index contributed by atoms with van der Waals surface area (Å²) in [5.41, 5.74) is 0. The van der Waals surface area contributed by atoms with Gasteiger partial charge in [-0.1, -0.05) is 272 Å². The number of hydrogen-bond donors (Lipinski definition) is 0. The summed E-state index contributed by atoms with van der Waals surface area (Å²) in [6, 6.07) is 0. The summed E-state index contributed by atoms with van der Waals surface area (Å²) in [6.45, 7) is 4.13. The highest BCUT2D eigenvalue weighted by Crippen LogP contribution is 2.38. The molecule has 0 fully saturated rings. The minimum absolute atomic E-state index is 0.0361. The molecule has 2 unspecified atom stereocenters. The number of carbonyl (C=O) groups excluding carboxylic acids is 2. The highest BCUT2D eigenvalue weighted by molar-refractivity contribution is 7.45. The van der Waals surface area contributed by atoms with Crippen molar-refractivity contribution in [1.29, 1.82) is 0 Å². The third kappa shape index (κ3) is 64.1. The van der Waals surface area contributed by atoms with Gasteiger partial charge in [-0.05, 0) is 96.3 Å². The molecule has 0 saturated carbocycles. The molecule has 0 aliphatic carbocycles. The van der Waals surface area contributed by atoms with Gasteiger partial charge in [0.2, 0.25) is 0 Å². The van der Waals surface area contributed by atoms with Crippen molar-refractivity contribution >= 4 is 19.8 Å². The fraction of sp³-hybridized carbons (Fsp3) is 0.743. The van der Waals surface area contributed by atoms with Gasteiger partial charge in [0.05, 0.1) is 27.7 Å². The number of quaternary nitrogens is 1. The predicted octanol–water partition coefficient (Wildman–Crippen LogP) is 20.5. The molecule has 0 N–H and O–H groups in total. The number of phosphoric ester groups is 1. The molecule has 10 heteroatoms. The summed E-state index contributed by atoms with van der Waals surface area (Å²) < 4.78 is 34.3. The second kappa shape index (κ2) is 60.5. The van der Waals surface area contributed by atoms with Crippen molar-refractivity contribution < 1.29 is 42.1 Å². The molecule has 0 saturated heterocycles. The highest BCUT2D eigenvalue weighted by atomic mass is 31.2. The number of rotatable bonds is 60. The number of hydrogen-bond acceptors (Lipinski definition) is 8. The Balaban J connectivity index is 4.11. The van der Waals surface area contributed by atoms with Gasteiger partial charge in [-0.3, -0.25) is 14.2 Å². The molecule has 0 aromatic rings. The average Bonchev–Trinajstić information content (AvgIpc) is 3.42. The fourth-order valence-corrected chi connectivity index (χ4v) is 9.77. The molecule has 0 aliphatic rings. The first kappa shape index (κ1) is 76.9. The largest absolute Gasteiger partial charge is 0.756 e. The van der Waals surface area contributed by atoms with E-state index in [-0.39, 0.29) is 32.0 Å². The van der Waals surface area contributed by atoms with Crippen LogP contribution in [0, 0.1) is 0 Å². The van der Waals surface area contributed by atoms with Crippen molar-refractivity contribution in [3.63, 3.8) is 0 Å². The lowest BCUT2D eigenvalue weighted by Crippen LogP contribution is -2.37. The second-order valence-electron chi connectivity index (χ2n) is 23.1. The summed E-state index contributed by atoms with van der Waals surface area (Å²) in [7, 11) is 1.16. The number of phosphoric acid groups is 1. The maximum atomic E-state index is 12.8. The molecule has 0 radical (unpaired) electrons. The van der Waals surface area contributed by atoms with Crippen LogP contribution >= 0.6 is 7.82 Å². The Hall–Kier alpha value is -3.07. The van der Waals surface area contributed by atoms with Crippen LogP contribution in [0.2, 0.25) is 0 Å². The van der Waals surface area contributed by atoms with Gasteiger partial charge in [0.25, 0.3) is 7.82 Å². The Bertz CT molecular complexity index is 1670. The fourth-order valence-electron chi connectivity index (χ4n) is 9.04. The second-order valence-corrected chi connectivity index (χ2v) is 24.5. The van der Waals surface area contributed by atoms with Crippen molar-refractivity contribution in [2.45, 2.75) is 290 Å². The van der Waals surface area contributed by atoms with Crippen molar-refractivity contribution in [2.75, 3.05) is 47.5 Å². The molecule has 0 aromatic carbocycles. The molecule has 0 bridgehead atoms. The lowest BCUT2D eigenvalue weighted by molar-refractivity contribution is -0.870. The average molecular weight is 1140 g/mol. The Morgan fingerprint density at radius 1 is 0.400 bits per heavy atom. The van der Waals surface area contributed by atoms with Crippen LogP contribution in [0.3, 0.4) is 0 Å². The van der Waals surface area contributed by atoms with E-state index in [4.69, 9.17) is 18.5 Å². The van der Waals surface area contributed by atoms with Crippen molar-refractivity contribution in [3.8, 4) is 0 Å². The van der Waals surface area contributed by atoms with Crippen molar-refractivity contribution in [3.05, 3.63) is 97.2 Å². The molecule has 80 heavy (non-hydrogen) atoms. The molecular weight excluding hydrogens is 1010 g/mol. The van der Waals surface area contributed by atoms with Crippen molar-refractivity contribution in [1.82, 2.24) is 0 Å². The molecule has 2 atom stereocenters. The number of allylic oxidation sites excluding steroid dienone is 16. The first-order valence-electron chi connectivity index (χ1n) is 32.9. The van der Waals surface area contributed by atoms with Gasteiger partial charge in [0.1, 0.15) is 19.8 Å². The number of likely N-dealkylation sites (N-methyl/N-ethyl adjacent to an activating group) is 1. The first-order chi connectivity index (χ1) is 39.0. The molecule has 0 aliphatic heterocycles. The highest BCUT2D eigenvalue weighted by Gasteiger charge is 2.22. The van der Waals surface area contributed by atoms with Gasteiger partial charge in [-0.2, -0.15) is 0 Å². The molecule has 462 valence electrons. The van der Waals surface area contributed by atoms with Gasteiger partial charge < -0.3 is 27.9 Å². The predicted molar refractivity (Wildman–Crippen MR) is 342 cm³/mol. The molecular formula is C70H124NO8P. The normalized spacial score (nSPS) is 13.8. The Kier molecular flexibility index (Phi) is 58.2. The zero-order chi connectivity index (χ0) is 58.4. The molecule has 0 rings (SSSR count). The number of esters is 2. The van der Waals surface area contributed by atoms with E-state index >= 15 is 0 Å². The zero-order valence-electron chi connectivity index (χ0n) is 52.5. The summed E-state index contributed by atoms with van der Waals surface area (Å²) in [6.07, 6.45) is 83.2. The van der Waals surface area contributed by atoms with E-state index in [1.165, 1.54) is 161 Å². The minimum Gasteiger partial charge on any atom is -0.756 e. The quantitative estimate of drug-likeness (QED) is 0.0195. The van der Waals surface area contributed by atoms with Crippen LogP contribution in [0.5, 0.6) is 0 Å². The van der Waals surface area contributed by atoms with Crippen LogP contribution in [0.1, 0.15) is 284 Å². The van der Waals surface area contributed by atoms with Gasteiger partial charge in [-0.15, -0.1) is 0 Å². The maximum Gasteiger partial charge on any atom is 0.306 e. The smallest absolute Gasteiger partial charge is 0.306 e. The minimum atomic E-state index is -4.65. The SMILES string of the molecule is CC/C=C\C/C=C\C/C=C\C/C=C\C/C=C\C/C=C\CCCCCCCCCCC(=O)OC(COC(=O)CCCCCCCCCCCCCCCCCCC/C=C\C/C=C\CCCCCCC)COP(=O)([O-])OCC[N+](C)(C)C. The van der Waals surface area contributed by atoms with E-state index in [2.05, 4.69) is 111 Å². The van der Waals surface area contributed by atoms with Crippen LogP contribution in [-0.4, -0.2) is 70.0 Å². The zero-order valence-corrected chi connectivity index (χ0v) is 53.4. The molecule has 0 heterocycles. The van der Waals surface area contributed by atoms with E-state index in [0.717, 1.165) is 89.9 Å². The van der Waals surface area contributed by atoms with E-state index in [1.807, 2.05) is 21.1 Å². The number of unbranched alkanes of at least 4 members (excludes halogenated alkanes) is 30. The third-order valence-electron chi connectivity index (χ3n) is 14.1. The first-order valence-corrected chi connectivity index (χ1v) is 34.4.